The lowest BCUT2D eigenvalue weighted by Crippen LogP contribution is -2.26. The number of rotatable bonds is 3. The molecule has 3 rings (SSSR count). The van der Waals surface area contributed by atoms with Gasteiger partial charge in [0.05, 0.1) is 17.8 Å². The van der Waals surface area contributed by atoms with E-state index in [-0.39, 0.29) is 18.1 Å². The van der Waals surface area contributed by atoms with E-state index in [0.29, 0.717) is 27.2 Å². The van der Waals surface area contributed by atoms with Gasteiger partial charge in [0.2, 0.25) is 0 Å². The molecule has 0 amide bonds. The third kappa shape index (κ3) is 3.09. The maximum absolute atomic E-state index is 10.3. The third-order valence-corrected chi connectivity index (χ3v) is 5.48. The van der Waals surface area contributed by atoms with Gasteiger partial charge in [-0.2, -0.15) is 0 Å². The van der Waals surface area contributed by atoms with Crippen LogP contribution in [0.2, 0.25) is 10.0 Å². The van der Waals surface area contributed by atoms with Crippen LogP contribution in [0.25, 0.3) is 5.57 Å². The fourth-order valence-corrected chi connectivity index (χ4v) is 3.88. The number of aryl methyl sites for hydroxylation is 2. The van der Waals surface area contributed by atoms with Gasteiger partial charge in [0.15, 0.2) is 0 Å². The zero-order valence-corrected chi connectivity index (χ0v) is 15.0. The lowest BCUT2D eigenvalue weighted by Gasteiger charge is -2.19. The molecular weight excluding hydrogens is 353 g/mol. The zero-order valence-electron chi connectivity index (χ0n) is 12.7. The van der Waals surface area contributed by atoms with E-state index in [9.17, 15) is 5.11 Å². The van der Waals surface area contributed by atoms with Crippen molar-refractivity contribution in [2.24, 2.45) is 0 Å². The number of hydrogen-bond acceptors (Lipinski definition) is 4. The van der Waals surface area contributed by atoms with Crippen molar-refractivity contribution in [2.45, 2.75) is 20.4 Å². The quantitative estimate of drug-likeness (QED) is 0.816. The molecule has 2 heterocycles. The van der Waals surface area contributed by atoms with E-state index < -0.39 is 0 Å². The normalized spacial score (nSPS) is 15.0. The highest BCUT2D eigenvalue weighted by molar-refractivity contribution is 7.13. The number of nitrogens with zero attached hydrogens (tertiary/aromatic N) is 2. The Morgan fingerprint density at radius 2 is 2.09 bits per heavy atom. The average molecular weight is 368 g/mol. The highest BCUT2D eigenvalue weighted by Gasteiger charge is 2.30. The number of halogens is 2. The molecule has 1 aromatic carbocycles. The van der Waals surface area contributed by atoms with Gasteiger partial charge in [-0.25, -0.2) is 4.98 Å². The largest absolute Gasteiger partial charge is 0.510 e. The summed E-state index contributed by atoms with van der Waals surface area (Å²) in [4.78, 5) is 7.31. The van der Waals surface area contributed by atoms with E-state index >= 15 is 0 Å². The van der Waals surface area contributed by atoms with Crippen LogP contribution in [0.3, 0.4) is 0 Å². The minimum absolute atomic E-state index is 0.175. The van der Waals surface area contributed by atoms with Crippen LogP contribution in [-0.4, -0.2) is 27.4 Å². The number of nitrogens with one attached hydrogen (secondary N) is 1. The molecular formula is C16H15Cl2N3OS. The van der Waals surface area contributed by atoms with Gasteiger partial charge >= 0.3 is 0 Å². The first kappa shape index (κ1) is 16.3. The van der Waals surface area contributed by atoms with Crippen molar-refractivity contribution in [3.8, 4) is 0 Å². The number of aromatic nitrogens is 1. The first-order valence-electron chi connectivity index (χ1n) is 7.01. The lowest BCUT2D eigenvalue weighted by molar-refractivity contribution is 0.347. The molecule has 0 atom stereocenters. The molecule has 0 aliphatic carbocycles. The zero-order chi connectivity index (χ0) is 16.7. The number of amidine groups is 1. The Hall–Kier alpha value is -1.56. The molecule has 1 aliphatic heterocycles. The van der Waals surface area contributed by atoms with Crippen LogP contribution in [0.1, 0.15) is 21.1 Å². The van der Waals surface area contributed by atoms with Crippen molar-refractivity contribution in [2.75, 3.05) is 6.54 Å². The molecule has 120 valence electrons. The van der Waals surface area contributed by atoms with Crippen LogP contribution < -0.4 is 0 Å². The Labute approximate surface area is 148 Å². The first-order chi connectivity index (χ1) is 10.9. The minimum Gasteiger partial charge on any atom is -0.510 e. The second-order valence-corrected chi connectivity index (χ2v) is 7.47. The molecule has 0 bridgehead atoms. The molecule has 2 aromatic rings. The van der Waals surface area contributed by atoms with Gasteiger partial charge in [-0.15, -0.1) is 11.3 Å². The summed E-state index contributed by atoms with van der Waals surface area (Å²) in [6.07, 6.45) is 0. The summed E-state index contributed by atoms with van der Waals surface area (Å²) in [6.45, 7) is 4.63. The van der Waals surface area contributed by atoms with Crippen molar-refractivity contribution in [3.05, 3.63) is 55.1 Å². The maximum Gasteiger partial charge on any atom is 0.135 e. The Balaban J connectivity index is 1.85. The summed E-state index contributed by atoms with van der Waals surface area (Å²) in [5.41, 5.74) is 2.30. The minimum atomic E-state index is 0.175. The number of hydrogen-bond donors (Lipinski definition) is 2. The van der Waals surface area contributed by atoms with Crippen molar-refractivity contribution < 1.29 is 5.11 Å². The SMILES string of the molecule is Cc1nc(C2=C(O)CN(Cc3ccc(Cl)cc3Cl)C2=N)sc1C. The van der Waals surface area contributed by atoms with Crippen LogP contribution in [0.15, 0.2) is 24.0 Å². The van der Waals surface area contributed by atoms with E-state index in [1.54, 1.807) is 17.0 Å². The fourth-order valence-electron chi connectivity index (χ4n) is 2.43. The molecule has 0 saturated heterocycles. The van der Waals surface area contributed by atoms with E-state index in [1.807, 2.05) is 19.9 Å². The topological polar surface area (TPSA) is 60.2 Å². The molecule has 0 fully saturated rings. The van der Waals surface area contributed by atoms with Gasteiger partial charge in [-0.1, -0.05) is 29.3 Å². The van der Waals surface area contributed by atoms with Crippen molar-refractivity contribution in [1.29, 1.82) is 5.41 Å². The Morgan fingerprint density at radius 1 is 1.35 bits per heavy atom. The Bertz CT molecular complexity index is 809. The Kier molecular flexibility index (Phi) is 4.36. The highest BCUT2D eigenvalue weighted by Crippen LogP contribution is 2.33. The predicted molar refractivity (Wildman–Crippen MR) is 95.7 cm³/mol. The molecule has 0 radical (unpaired) electrons. The summed E-state index contributed by atoms with van der Waals surface area (Å²) in [5, 5.41) is 20.5. The second-order valence-electron chi connectivity index (χ2n) is 5.42. The van der Waals surface area contributed by atoms with Gasteiger partial charge in [0, 0.05) is 21.5 Å². The number of benzene rings is 1. The van der Waals surface area contributed by atoms with Gasteiger partial charge in [-0.3, -0.25) is 5.41 Å². The predicted octanol–water partition coefficient (Wildman–Crippen LogP) is 4.83. The van der Waals surface area contributed by atoms with E-state index in [4.69, 9.17) is 28.6 Å². The molecule has 0 unspecified atom stereocenters. The van der Waals surface area contributed by atoms with Crippen molar-refractivity contribution in [1.82, 2.24) is 9.88 Å². The standard InChI is InChI=1S/C16H15Cl2N3OS/c1-8-9(2)23-16(20-8)14-13(22)7-21(15(14)19)6-10-3-4-11(17)5-12(10)18/h3-5,19,22H,6-7H2,1-2H3. The fraction of sp³-hybridized carbons (Fsp3) is 0.250. The van der Waals surface area contributed by atoms with Crippen molar-refractivity contribution in [3.63, 3.8) is 0 Å². The Morgan fingerprint density at radius 3 is 2.70 bits per heavy atom. The highest BCUT2D eigenvalue weighted by atomic mass is 35.5. The van der Waals surface area contributed by atoms with Gasteiger partial charge in [0.1, 0.15) is 16.6 Å². The van der Waals surface area contributed by atoms with Crippen LogP contribution >= 0.6 is 34.5 Å². The van der Waals surface area contributed by atoms with Crippen LogP contribution in [-0.2, 0) is 6.54 Å². The van der Waals surface area contributed by atoms with Gasteiger partial charge in [0.25, 0.3) is 0 Å². The summed E-state index contributed by atoms with van der Waals surface area (Å²) in [6, 6.07) is 5.29. The molecule has 1 aliphatic rings. The third-order valence-electron chi connectivity index (χ3n) is 3.80. The molecule has 4 nitrogen and oxygen atoms in total. The number of thiazole rings is 1. The maximum atomic E-state index is 10.3. The molecule has 0 spiro atoms. The molecule has 0 saturated carbocycles. The molecule has 7 heteroatoms. The van der Waals surface area contributed by atoms with E-state index in [1.165, 1.54) is 11.3 Å². The monoisotopic (exact) mass is 367 g/mol. The number of aliphatic hydroxyl groups is 1. The number of aliphatic hydroxyl groups excluding tert-OH is 1. The smallest absolute Gasteiger partial charge is 0.135 e. The summed E-state index contributed by atoms with van der Waals surface area (Å²) >= 11 is 13.6. The molecule has 23 heavy (non-hydrogen) atoms. The summed E-state index contributed by atoms with van der Waals surface area (Å²) in [7, 11) is 0. The van der Waals surface area contributed by atoms with E-state index in [2.05, 4.69) is 4.98 Å². The second kappa shape index (κ2) is 6.15. The molecule has 2 N–H and O–H groups in total. The van der Waals surface area contributed by atoms with Crippen LogP contribution in [0, 0.1) is 19.3 Å². The van der Waals surface area contributed by atoms with E-state index in [0.717, 1.165) is 16.1 Å². The van der Waals surface area contributed by atoms with Crippen LogP contribution in [0.5, 0.6) is 0 Å². The van der Waals surface area contributed by atoms with Gasteiger partial charge < -0.3 is 10.0 Å². The van der Waals surface area contributed by atoms with Crippen LogP contribution in [0.4, 0.5) is 0 Å². The summed E-state index contributed by atoms with van der Waals surface area (Å²) < 4.78 is 0. The lowest BCUT2D eigenvalue weighted by atomic mass is 10.2. The average Bonchev–Trinajstić information content (AvgIpc) is 2.93. The summed E-state index contributed by atoms with van der Waals surface area (Å²) in [5.74, 6) is 0.441. The van der Waals surface area contributed by atoms with Crippen molar-refractivity contribution >= 4 is 45.9 Å². The van der Waals surface area contributed by atoms with Gasteiger partial charge in [-0.05, 0) is 31.5 Å². The molecule has 1 aromatic heterocycles. The first-order valence-corrected chi connectivity index (χ1v) is 8.58.